The summed E-state index contributed by atoms with van der Waals surface area (Å²) in [5.74, 6) is 2.35. The zero-order chi connectivity index (χ0) is 12.5. The van der Waals surface area contributed by atoms with Crippen LogP contribution in [0.5, 0.6) is 0 Å². The number of imidazole rings is 1. The van der Waals surface area contributed by atoms with Gasteiger partial charge in [0.25, 0.3) is 0 Å². The number of rotatable bonds is 1. The highest BCUT2D eigenvalue weighted by atomic mass is 32.2. The minimum Gasteiger partial charge on any atom is -0.331 e. The van der Waals surface area contributed by atoms with Crippen LogP contribution >= 0.6 is 24.0 Å². The molecule has 1 aliphatic rings. The summed E-state index contributed by atoms with van der Waals surface area (Å²) in [5.41, 5.74) is 2.77. The maximum atomic E-state index is 9.01. The summed E-state index contributed by atoms with van der Waals surface area (Å²) in [6.45, 7) is 0. The molecule has 18 heavy (non-hydrogen) atoms. The Morgan fingerprint density at radius 1 is 1.50 bits per heavy atom. The minimum atomic E-state index is 0.457. The van der Waals surface area contributed by atoms with Crippen molar-refractivity contribution in [3.05, 3.63) is 28.5 Å². The molecule has 2 heterocycles. The van der Waals surface area contributed by atoms with Crippen molar-refractivity contribution in [3.63, 3.8) is 0 Å². The van der Waals surface area contributed by atoms with Gasteiger partial charge < -0.3 is 9.55 Å². The van der Waals surface area contributed by atoms with Crippen molar-refractivity contribution < 1.29 is 0 Å². The van der Waals surface area contributed by atoms with Gasteiger partial charge in [-0.15, -0.1) is 0 Å². The maximum Gasteiger partial charge on any atom is 0.178 e. The Labute approximate surface area is 115 Å². The normalized spacial score (nSPS) is 19.8. The van der Waals surface area contributed by atoms with Crippen LogP contribution in [-0.2, 0) is 0 Å². The Bertz CT molecular complexity index is 672. The number of hydrogen-bond donors (Lipinski definition) is 1. The van der Waals surface area contributed by atoms with Crippen molar-refractivity contribution in [1.29, 1.82) is 5.26 Å². The lowest BCUT2D eigenvalue weighted by Gasteiger charge is -2.23. The van der Waals surface area contributed by atoms with E-state index in [0.717, 1.165) is 21.6 Å². The number of aromatic nitrogens is 2. The third-order valence-electron chi connectivity index (χ3n) is 3.35. The molecule has 5 heteroatoms. The van der Waals surface area contributed by atoms with Crippen molar-refractivity contribution in [2.24, 2.45) is 0 Å². The number of H-pyrrole nitrogens is 1. The molecule has 1 unspecified atom stereocenters. The van der Waals surface area contributed by atoms with Crippen molar-refractivity contribution >= 4 is 35.0 Å². The smallest absolute Gasteiger partial charge is 0.178 e. The first kappa shape index (κ1) is 11.8. The van der Waals surface area contributed by atoms with Gasteiger partial charge in [-0.3, -0.25) is 0 Å². The molecule has 1 atom stereocenters. The minimum absolute atomic E-state index is 0.457. The highest BCUT2D eigenvalue weighted by Gasteiger charge is 2.18. The molecule has 1 saturated heterocycles. The summed E-state index contributed by atoms with van der Waals surface area (Å²) in [6, 6.07) is 8.35. The lowest BCUT2D eigenvalue weighted by Crippen LogP contribution is -2.16. The molecule has 0 spiro atoms. The molecule has 0 amide bonds. The zero-order valence-corrected chi connectivity index (χ0v) is 11.5. The number of thioether (sulfide) groups is 1. The topological polar surface area (TPSA) is 44.5 Å². The summed E-state index contributed by atoms with van der Waals surface area (Å²) >= 11 is 7.41. The van der Waals surface area contributed by atoms with E-state index in [-0.39, 0.29) is 0 Å². The average molecular weight is 275 g/mol. The zero-order valence-electron chi connectivity index (χ0n) is 9.85. The maximum absolute atomic E-state index is 9.01. The van der Waals surface area contributed by atoms with Crippen LogP contribution in [0.3, 0.4) is 0 Å². The van der Waals surface area contributed by atoms with E-state index < -0.39 is 0 Å². The SMILES string of the molecule is N#Cc1ccc2[nH]c(=S)n(C3CCCSC3)c2c1. The van der Waals surface area contributed by atoms with Gasteiger partial charge in [0.05, 0.1) is 22.7 Å². The van der Waals surface area contributed by atoms with Gasteiger partial charge in [-0.05, 0) is 49.0 Å². The fourth-order valence-corrected chi connectivity index (χ4v) is 3.96. The summed E-state index contributed by atoms with van der Waals surface area (Å²) in [6.07, 6.45) is 2.41. The van der Waals surface area contributed by atoms with Crippen molar-refractivity contribution in [1.82, 2.24) is 9.55 Å². The van der Waals surface area contributed by atoms with Crippen LogP contribution in [0.2, 0.25) is 0 Å². The average Bonchev–Trinajstić information content (AvgIpc) is 2.74. The molecule has 0 saturated carbocycles. The number of nitriles is 1. The molecule has 0 radical (unpaired) electrons. The van der Waals surface area contributed by atoms with Crippen LogP contribution in [0, 0.1) is 16.1 Å². The molecule has 2 aromatic rings. The largest absolute Gasteiger partial charge is 0.331 e. The van der Waals surface area contributed by atoms with Gasteiger partial charge in [0, 0.05) is 11.8 Å². The Hall–Kier alpha value is -1.25. The van der Waals surface area contributed by atoms with E-state index in [1.54, 1.807) is 0 Å². The number of nitrogens with one attached hydrogen (secondary N) is 1. The van der Waals surface area contributed by atoms with Gasteiger partial charge in [-0.2, -0.15) is 17.0 Å². The van der Waals surface area contributed by atoms with Crippen LogP contribution in [0.15, 0.2) is 18.2 Å². The lowest BCUT2D eigenvalue weighted by atomic mass is 10.1. The second-order valence-corrected chi connectivity index (χ2v) is 6.05. The van der Waals surface area contributed by atoms with E-state index in [0.29, 0.717) is 11.6 Å². The van der Waals surface area contributed by atoms with Gasteiger partial charge in [0.15, 0.2) is 4.77 Å². The van der Waals surface area contributed by atoms with Crippen LogP contribution in [0.4, 0.5) is 0 Å². The van der Waals surface area contributed by atoms with E-state index in [1.807, 2.05) is 30.0 Å². The third kappa shape index (κ3) is 1.96. The Balaban J connectivity index is 2.17. The van der Waals surface area contributed by atoms with Gasteiger partial charge >= 0.3 is 0 Å². The van der Waals surface area contributed by atoms with Crippen molar-refractivity contribution in [3.8, 4) is 6.07 Å². The summed E-state index contributed by atoms with van der Waals surface area (Å²) in [7, 11) is 0. The third-order valence-corrected chi connectivity index (χ3v) is 4.84. The van der Waals surface area contributed by atoms with E-state index in [1.165, 1.54) is 18.6 Å². The number of benzene rings is 1. The Morgan fingerprint density at radius 3 is 3.11 bits per heavy atom. The van der Waals surface area contributed by atoms with Gasteiger partial charge in [0.2, 0.25) is 0 Å². The second-order valence-electron chi connectivity index (χ2n) is 4.51. The molecule has 1 fully saturated rings. The van der Waals surface area contributed by atoms with E-state index in [2.05, 4.69) is 15.6 Å². The highest BCUT2D eigenvalue weighted by Crippen LogP contribution is 2.30. The predicted molar refractivity (Wildman–Crippen MR) is 77.4 cm³/mol. The summed E-state index contributed by atoms with van der Waals surface area (Å²) in [5, 5.41) is 9.01. The molecular weight excluding hydrogens is 262 g/mol. The van der Waals surface area contributed by atoms with Gasteiger partial charge in [-0.25, -0.2) is 0 Å². The van der Waals surface area contributed by atoms with Crippen LogP contribution in [-0.4, -0.2) is 21.1 Å². The van der Waals surface area contributed by atoms with Gasteiger partial charge in [0.1, 0.15) is 0 Å². The van der Waals surface area contributed by atoms with Crippen LogP contribution < -0.4 is 0 Å². The van der Waals surface area contributed by atoms with Crippen LogP contribution in [0.25, 0.3) is 11.0 Å². The number of aromatic amines is 1. The monoisotopic (exact) mass is 275 g/mol. The molecule has 1 aromatic carbocycles. The molecule has 3 rings (SSSR count). The molecule has 92 valence electrons. The standard InChI is InChI=1S/C13H13N3S2/c14-7-9-3-4-11-12(6-9)16(13(17)15-11)10-2-1-5-18-8-10/h3-4,6,10H,1-2,5,8H2,(H,15,17). The van der Waals surface area contributed by atoms with Gasteiger partial charge in [-0.1, -0.05) is 0 Å². The number of fused-ring (bicyclic) bond motifs is 1. The van der Waals surface area contributed by atoms with E-state index in [4.69, 9.17) is 17.5 Å². The molecule has 0 aliphatic carbocycles. The first-order valence-corrected chi connectivity index (χ1v) is 7.58. The Kier molecular flexibility index (Phi) is 3.14. The predicted octanol–water partition coefficient (Wildman–Crippen LogP) is 3.64. The quantitative estimate of drug-likeness (QED) is 0.808. The summed E-state index contributed by atoms with van der Waals surface area (Å²) < 4.78 is 2.96. The molecule has 3 nitrogen and oxygen atoms in total. The highest BCUT2D eigenvalue weighted by molar-refractivity contribution is 7.99. The Morgan fingerprint density at radius 2 is 2.39 bits per heavy atom. The molecular formula is C13H13N3S2. The second kappa shape index (κ2) is 4.79. The lowest BCUT2D eigenvalue weighted by molar-refractivity contribution is 0.506. The fraction of sp³-hybridized carbons (Fsp3) is 0.385. The van der Waals surface area contributed by atoms with E-state index >= 15 is 0 Å². The van der Waals surface area contributed by atoms with Crippen molar-refractivity contribution in [2.75, 3.05) is 11.5 Å². The fourth-order valence-electron chi connectivity index (χ4n) is 2.48. The molecule has 0 bridgehead atoms. The van der Waals surface area contributed by atoms with Crippen molar-refractivity contribution in [2.45, 2.75) is 18.9 Å². The number of nitrogens with zero attached hydrogens (tertiary/aromatic N) is 2. The first-order chi connectivity index (χ1) is 8.79. The summed E-state index contributed by atoms with van der Waals surface area (Å²) in [4.78, 5) is 3.23. The van der Waals surface area contributed by atoms with E-state index in [9.17, 15) is 0 Å². The molecule has 1 aliphatic heterocycles. The molecule has 1 N–H and O–H groups in total. The first-order valence-electron chi connectivity index (χ1n) is 6.02. The van der Waals surface area contributed by atoms with Crippen LogP contribution in [0.1, 0.15) is 24.4 Å². The number of hydrogen-bond acceptors (Lipinski definition) is 3. The molecule has 1 aromatic heterocycles.